The molecular weight excluding hydrogens is 350 g/mol. The van der Waals surface area contributed by atoms with Gasteiger partial charge in [-0.2, -0.15) is 10.2 Å². The third kappa shape index (κ3) is 3.59. The quantitative estimate of drug-likeness (QED) is 0.730. The molecule has 1 aliphatic heterocycles. The molecule has 6 heteroatoms. The van der Waals surface area contributed by atoms with Crippen LogP contribution in [0.2, 0.25) is 0 Å². The average Bonchev–Trinajstić information content (AvgIpc) is 3.38. The molecular formula is C22H27N5O. The lowest BCUT2D eigenvalue weighted by molar-refractivity contribution is 0.0693. The van der Waals surface area contributed by atoms with E-state index in [1.807, 2.05) is 21.8 Å². The molecule has 1 aliphatic rings. The van der Waals surface area contributed by atoms with Crippen LogP contribution < -0.4 is 0 Å². The molecule has 1 fully saturated rings. The summed E-state index contributed by atoms with van der Waals surface area (Å²) in [6.07, 6.45) is 6.62. The van der Waals surface area contributed by atoms with Gasteiger partial charge in [0.2, 0.25) is 0 Å². The van der Waals surface area contributed by atoms with Crippen molar-refractivity contribution in [2.45, 2.75) is 45.6 Å². The smallest absolute Gasteiger partial charge is 0.272 e. The van der Waals surface area contributed by atoms with Crippen molar-refractivity contribution in [3.63, 3.8) is 0 Å². The second-order valence-electron chi connectivity index (χ2n) is 7.59. The number of nitrogens with zero attached hydrogens (tertiary/aromatic N) is 4. The molecule has 3 heterocycles. The summed E-state index contributed by atoms with van der Waals surface area (Å²) in [4.78, 5) is 15.1. The Labute approximate surface area is 165 Å². The number of aryl methyl sites for hydroxylation is 2. The number of carbonyl (C=O) groups excluding carboxylic acids is 1. The van der Waals surface area contributed by atoms with Crippen molar-refractivity contribution in [3.05, 3.63) is 59.7 Å². The highest BCUT2D eigenvalue weighted by Gasteiger charge is 2.29. The summed E-state index contributed by atoms with van der Waals surface area (Å²) >= 11 is 0. The van der Waals surface area contributed by atoms with Crippen LogP contribution in [0.4, 0.5) is 0 Å². The molecule has 4 rings (SSSR count). The molecule has 0 saturated carbocycles. The van der Waals surface area contributed by atoms with Crippen molar-refractivity contribution in [2.24, 2.45) is 0 Å². The molecule has 28 heavy (non-hydrogen) atoms. The van der Waals surface area contributed by atoms with E-state index in [9.17, 15) is 4.79 Å². The molecule has 1 aromatic carbocycles. The summed E-state index contributed by atoms with van der Waals surface area (Å²) in [6.45, 7) is 6.45. The Balaban J connectivity index is 1.55. The van der Waals surface area contributed by atoms with E-state index in [2.05, 4.69) is 53.4 Å². The van der Waals surface area contributed by atoms with E-state index >= 15 is 0 Å². The lowest BCUT2D eigenvalue weighted by Gasteiger charge is -2.32. The number of piperidine rings is 1. The predicted octanol–water partition coefficient (Wildman–Crippen LogP) is 4.01. The number of amides is 1. The van der Waals surface area contributed by atoms with Crippen molar-refractivity contribution >= 4 is 5.91 Å². The molecule has 1 amide bonds. The van der Waals surface area contributed by atoms with Crippen LogP contribution in [-0.4, -0.2) is 43.9 Å². The standard InChI is InChI=1S/C22H27N5O/c1-3-12-27-20(10-11-24-27)22(28)26-13-4-5-18(15-26)21-19(14-23-25-21)17-8-6-16(2)7-9-17/h6-11,14,18H,3-5,12-13,15H2,1-2H3,(H,23,25)/t18-/m1/s1. The molecule has 0 aliphatic carbocycles. The Hall–Kier alpha value is -2.89. The zero-order valence-corrected chi connectivity index (χ0v) is 16.6. The Morgan fingerprint density at radius 2 is 2.07 bits per heavy atom. The molecule has 0 unspecified atom stereocenters. The van der Waals surface area contributed by atoms with Crippen LogP contribution in [0.15, 0.2) is 42.7 Å². The largest absolute Gasteiger partial charge is 0.337 e. The summed E-state index contributed by atoms with van der Waals surface area (Å²) in [5, 5.41) is 11.8. The van der Waals surface area contributed by atoms with Crippen molar-refractivity contribution in [1.82, 2.24) is 24.9 Å². The number of likely N-dealkylation sites (tertiary alicyclic amines) is 1. The lowest BCUT2D eigenvalue weighted by atomic mass is 9.90. The van der Waals surface area contributed by atoms with Gasteiger partial charge in [-0.3, -0.25) is 14.6 Å². The monoisotopic (exact) mass is 377 g/mol. The maximum absolute atomic E-state index is 13.1. The van der Waals surface area contributed by atoms with Gasteiger partial charge in [0.05, 0.1) is 6.20 Å². The number of hydrogen-bond acceptors (Lipinski definition) is 3. The van der Waals surface area contributed by atoms with Crippen molar-refractivity contribution < 1.29 is 4.79 Å². The fraction of sp³-hybridized carbons (Fsp3) is 0.409. The Bertz CT molecular complexity index is 940. The van der Waals surface area contributed by atoms with Crippen LogP contribution in [0.5, 0.6) is 0 Å². The number of carbonyl (C=O) groups is 1. The summed E-state index contributed by atoms with van der Waals surface area (Å²) < 4.78 is 1.82. The minimum Gasteiger partial charge on any atom is -0.337 e. The molecule has 1 atom stereocenters. The fourth-order valence-electron chi connectivity index (χ4n) is 4.03. The summed E-state index contributed by atoms with van der Waals surface area (Å²) in [5.74, 6) is 0.339. The highest BCUT2D eigenvalue weighted by molar-refractivity contribution is 5.92. The van der Waals surface area contributed by atoms with E-state index in [0.29, 0.717) is 12.2 Å². The van der Waals surface area contributed by atoms with E-state index in [4.69, 9.17) is 0 Å². The summed E-state index contributed by atoms with van der Waals surface area (Å²) in [7, 11) is 0. The molecule has 0 spiro atoms. The Kier molecular flexibility index (Phi) is 5.28. The second kappa shape index (κ2) is 8.00. The van der Waals surface area contributed by atoms with Crippen molar-refractivity contribution in [1.29, 1.82) is 0 Å². The van der Waals surface area contributed by atoms with E-state index in [0.717, 1.165) is 43.6 Å². The van der Waals surface area contributed by atoms with Gasteiger partial charge in [-0.15, -0.1) is 0 Å². The van der Waals surface area contributed by atoms with Crippen molar-refractivity contribution in [2.75, 3.05) is 13.1 Å². The highest BCUT2D eigenvalue weighted by atomic mass is 16.2. The normalized spacial score (nSPS) is 17.1. The van der Waals surface area contributed by atoms with Gasteiger partial charge in [0.1, 0.15) is 5.69 Å². The van der Waals surface area contributed by atoms with Gasteiger partial charge in [-0.25, -0.2) is 0 Å². The topological polar surface area (TPSA) is 66.8 Å². The van der Waals surface area contributed by atoms with E-state index < -0.39 is 0 Å². The van der Waals surface area contributed by atoms with Gasteiger partial charge in [0.15, 0.2) is 0 Å². The third-order valence-corrected chi connectivity index (χ3v) is 5.52. The predicted molar refractivity (Wildman–Crippen MR) is 109 cm³/mol. The summed E-state index contributed by atoms with van der Waals surface area (Å²) in [5.41, 5.74) is 5.36. The first kappa shape index (κ1) is 18.5. The lowest BCUT2D eigenvalue weighted by Crippen LogP contribution is -2.40. The number of rotatable bonds is 5. The van der Waals surface area contributed by atoms with Crippen LogP contribution in [0.3, 0.4) is 0 Å². The third-order valence-electron chi connectivity index (χ3n) is 5.52. The second-order valence-corrected chi connectivity index (χ2v) is 7.59. The fourth-order valence-corrected chi connectivity index (χ4v) is 4.03. The van der Waals surface area contributed by atoms with Crippen LogP contribution in [-0.2, 0) is 6.54 Å². The number of aromatic nitrogens is 4. The first-order chi connectivity index (χ1) is 13.7. The van der Waals surface area contributed by atoms with Gasteiger partial charge in [-0.05, 0) is 37.8 Å². The van der Waals surface area contributed by atoms with Crippen LogP contribution in [0, 0.1) is 6.92 Å². The molecule has 1 saturated heterocycles. The number of aromatic amines is 1. The highest BCUT2D eigenvalue weighted by Crippen LogP contribution is 2.33. The minimum atomic E-state index is 0.0760. The van der Waals surface area contributed by atoms with Crippen LogP contribution in [0.1, 0.15) is 53.8 Å². The minimum absolute atomic E-state index is 0.0760. The van der Waals surface area contributed by atoms with E-state index in [-0.39, 0.29) is 11.8 Å². The molecule has 146 valence electrons. The number of nitrogens with one attached hydrogen (secondary N) is 1. The van der Waals surface area contributed by atoms with Gasteiger partial charge in [-0.1, -0.05) is 36.8 Å². The first-order valence-electron chi connectivity index (χ1n) is 10.1. The van der Waals surface area contributed by atoms with Gasteiger partial charge in [0, 0.05) is 43.0 Å². The molecule has 2 aromatic heterocycles. The van der Waals surface area contributed by atoms with Gasteiger partial charge >= 0.3 is 0 Å². The van der Waals surface area contributed by atoms with E-state index in [1.54, 1.807) is 6.20 Å². The molecule has 1 N–H and O–H groups in total. The first-order valence-corrected chi connectivity index (χ1v) is 10.1. The SMILES string of the molecule is CCCn1nccc1C(=O)N1CCC[C@@H](c2[nH]ncc2-c2ccc(C)cc2)C1. The number of H-pyrrole nitrogens is 1. The molecule has 3 aromatic rings. The van der Waals surface area contributed by atoms with E-state index in [1.165, 1.54) is 11.1 Å². The Morgan fingerprint density at radius 1 is 1.25 bits per heavy atom. The maximum Gasteiger partial charge on any atom is 0.272 e. The van der Waals surface area contributed by atoms with Crippen molar-refractivity contribution in [3.8, 4) is 11.1 Å². The zero-order valence-electron chi connectivity index (χ0n) is 16.6. The Morgan fingerprint density at radius 3 is 2.86 bits per heavy atom. The summed E-state index contributed by atoms with van der Waals surface area (Å²) in [6, 6.07) is 10.3. The average molecular weight is 377 g/mol. The molecule has 6 nitrogen and oxygen atoms in total. The number of benzene rings is 1. The van der Waals surface area contributed by atoms with Gasteiger partial charge in [0.25, 0.3) is 5.91 Å². The van der Waals surface area contributed by atoms with Crippen LogP contribution in [0.25, 0.3) is 11.1 Å². The maximum atomic E-state index is 13.1. The molecule has 0 bridgehead atoms. The van der Waals surface area contributed by atoms with Gasteiger partial charge < -0.3 is 4.90 Å². The van der Waals surface area contributed by atoms with Crippen LogP contribution >= 0.6 is 0 Å². The zero-order chi connectivity index (χ0) is 19.5. The molecule has 0 radical (unpaired) electrons. The number of hydrogen-bond donors (Lipinski definition) is 1.